The second-order valence-corrected chi connectivity index (χ2v) is 12.0. The molecule has 0 bridgehead atoms. The molecular weight excluding hydrogens is 366 g/mol. The Hall–Kier alpha value is -0.970. The first-order chi connectivity index (χ1) is 14.3. The van der Waals surface area contributed by atoms with Crippen LogP contribution in [-0.4, -0.2) is 10.9 Å². The summed E-state index contributed by atoms with van der Waals surface area (Å²) in [6.45, 7) is 12.3. The molecule has 0 saturated heterocycles. The van der Waals surface area contributed by atoms with Crippen LogP contribution in [0.1, 0.15) is 112 Å². The molecule has 0 spiro atoms. The molecule has 0 aromatic carbocycles. The fourth-order valence-corrected chi connectivity index (χ4v) is 8.33. The molecule has 0 radical (unpaired) electrons. The first-order valence-electron chi connectivity index (χ1n) is 12.9. The predicted molar refractivity (Wildman–Crippen MR) is 128 cm³/mol. The summed E-state index contributed by atoms with van der Waals surface area (Å²) < 4.78 is 0. The van der Waals surface area contributed by atoms with E-state index in [2.05, 4.69) is 45.7 Å². The number of hydrogen-bond donors (Lipinski definition) is 1. The molecular formula is C28H47NO. The van der Waals surface area contributed by atoms with Crippen molar-refractivity contribution in [3.05, 3.63) is 0 Å². The van der Waals surface area contributed by atoms with E-state index in [-0.39, 0.29) is 5.41 Å². The van der Waals surface area contributed by atoms with Crippen molar-refractivity contribution in [1.29, 1.82) is 0 Å². The molecule has 2 heteroatoms. The van der Waals surface area contributed by atoms with E-state index in [1.54, 1.807) is 0 Å². The third-order valence-corrected chi connectivity index (χ3v) is 9.98. The van der Waals surface area contributed by atoms with Crippen molar-refractivity contribution < 1.29 is 5.21 Å². The Bertz CT molecular complexity index is 646. The van der Waals surface area contributed by atoms with Gasteiger partial charge in [-0.3, -0.25) is 0 Å². The predicted octanol–water partition coefficient (Wildman–Crippen LogP) is 7.94. The molecule has 1 unspecified atom stereocenters. The molecule has 1 N–H and O–H groups in total. The number of terminal acetylenes is 1. The van der Waals surface area contributed by atoms with E-state index < -0.39 is 0 Å². The average Bonchev–Trinajstić information content (AvgIpc) is 2.71. The lowest BCUT2D eigenvalue weighted by atomic mass is 9.43. The topological polar surface area (TPSA) is 32.6 Å². The molecule has 0 amide bonds. The molecule has 0 aliphatic heterocycles. The van der Waals surface area contributed by atoms with Crippen molar-refractivity contribution in [3.63, 3.8) is 0 Å². The van der Waals surface area contributed by atoms with Gasteiger partial charge in [0.05, 0.1) is 5.71 Å². The lowest BCUT2D eigenvalue weighted by Gasteiger charge is -2.62. The normalized spacial score (nSPS) is 41.2. The molecule has 7 atom stereocenters. The number of hydrogen-bond acceptors (Lipinski definition) is 2. The molecule has 30 heavy (non-hydrogen) atoms. The smallest absolute Gasteiger partial charge is 0.0632 e. The second kappa shape index (κ2) is 9.67. The zero-order chi connectivity index (χ0) is 21.9. The van der Waals surface area contributed by atoms with Gasteiger partial charge >= 0.3 is 0 Å². The molecule has 3 rings (SSSR count). The summed E-state index contributed by atoms with van der Waals surface area (Å²) in [5.74, 6) is 7.67. The van der Waals surface area contributed by atoms with Crippen molar-refractivity contribution in [3.8, 4) is 12.3 Å². The van der Waals surface area contributed by atoms with Crippen molar-refractivity contribution in [2.75, 3.05) is 0 Å². The quantitative estimate of drug-likeness (QED) is 0.256. The second-order valence-electron chi connectivity index (χ2n) is 12.0. The van der Waals surface area contributed by atoms with Gasteiger partial charge in [0.25, 0.3) is 0 Å². The molecule has 2 nitrogen and oxygen atoms in total. The summed E-state index contributed by atoms with van der Waals surface area (Å²) in [5, 5.41) is 13.6. The van der Waals surface area contributed by atoms with Gasteiger partial charge in [-0.2, -0.15) is 0 Å². The van der Waals surface area contributed by atoms with Crippen LogP contribution in [-0.2, 0) is 0 Å². The maximum atomic E-state index is 9.77. The van der Waals surface area contributed by atoms with E-state index in [9.17, 15) is 5.21 Å². The van der Waals surface area contributed by atoms with Gasteiger partial charge in [-0.25, -0.2) is 0 Å². The van der Waals surface area contributed by atoms with E-state index in [1.807, 2.05) is 0 Å². The van der Waals surface area contributed by atoms with Gasteiger partial charge < -0.3 is 5.21 Å². The van der Waals surface area contributed by atoms with Gasteiger partial charge in [0.2, 0.25) is 0 Å². The van der Waals surface area contributed by atoms with Gasteiger partial charge in [-0.05, 0) is 85.9 Å². The highest BCUT2D eigenvalue weighted by Crippen LogP contribution is 2.64. The minimum absolute atomic E-state index is 0.0127. The van der Waals surface area contributed by atoms with Crippen LogP contribution in [0.3, 0.4) is 0 Å². The largest absolute Gasteiger partial charge is 0.411 e. The maximum absolute atomic E-state index is 9.77. The Morgan fingerprint density at radius 2 is 1.87 bits per heavy atom. The lowest BCUT2D eigenvalue weighted by molar-refractivity contribution is -0.104. The van der Waals surface area contributed by atoms with Crippen molar-refractivity contribution in [2.24, 2.45) is 51.5 Å². The highest BCUT2D eigenvalue weighted by molar-refractivity contribution is 5.90. The standard InChI is InChI=1S/C28H47NO/c1-7-8-18-28(6)25-17-19-27(5)23(21(4)12-9-11-20(2)3)13-10-14-24(27)22(25)15-16-26(28)29-30/h1,20-25,30H,8-19H2,2-6H3/b29-26+/t21?,22-,23+,24-,25-,27+,28+/m0/s1. The molecule has 3 saturated carbocycles. The van der Waals surface area contributed by atoms with Crippen molar-refractivity contribution >= 4 is 5.71 Å². The van der Waals surface area contributed by atoms with Crippen LogP contribution in [0.4, 0.5) is 0 Å². The highest BCUT2D eigenvalue weighted by Gasteiger charge is 2.58. The Morgan fingerprint density at radius 1 is 1.10 bits per heavy atom. The van der Waals surface area contributed by atoms with Gasteiger partial charge in [-0.15, -0.1) is 12.3 Å². The number of rotatable bonds is 7. The first kappa shape index (κ1) is 23.7. The van der Waals surface area contributed by atoms with Crippen LogP contribution in [0.5, 0.6) is 0 Å². The lowest BCUT2D eigenvalue weighted by Crippen LogP contribution is -2.56. The fourth-order valence-electron chi connectivity index (χ4n) is 8.33. The van der Waals surface area contributed by atoms with E-state index in [0.29, 0.717) is 11.3 Å². The minimum Gasteiger partial charge on any atom is -0.411 e. The van der Waals surface area contributed by atoms with Crippen LogP contribution in [0.25, 0.3) is 0 Å². The molecule has 3 fully saturated rings. The molecule has 0 aromatic heterocycles. The SMILES string of the molecule is C#CCC[C@@]1(C)/C(=N/O)CC[C@H]2[C@@H]3CCC[C@H](C(C)CCCC(C)C)[C@@]3(C)CC[C@@H]21. The monoisotopic (exact) mass is 413 g/mol. The number of nitrogens with zero attached hydrogens (tertiary/aromatic N) is 1. The summed E-state index contributed by atoms with van der Waals surface area (Å²) in [6, 6.07) is 0. The summed E-state index contributed by atoms with van der Waals surface area (Å²) >= 11 is 0. The number of oxime groups is 1. The van der Waals surface area contributed by atoms with Crippen LogP contribution >= 0.6 is 0 Å². The Morgan fingerprint density at radius 3 is 2.53 bits per heavy atom. The maximum Gasteiger partial charge on any atom is 0.0632 e. The van der Waals surface area contributed by atoms with E-state index in [1.165, 1.54) is 57.8 Å². The molecule has 0 aromatic rings. The number of fused-ring (bicyclic) bond motifs is 3. The molecule has 0 heterocycles. The highest BCUT2D eigenvalue weighted by atomic mass is 16.4. The van der Waals surface area contributed by atoms with Gasteiger partial charge in [0.1, 0.15) is 0 Å². The Kier molecular flexibility index (Phi) is 7.63. The van der Waals surface area contributed by atoms with E-state index in [4.69, 9.17) is 6.42 Å². The van der Waals surface area contributed by atoms with E-state index in [0.717, 1.165) is 54.6 Å². The fraction of sp³-hybridized carbons (Fsp3) is 0.893. The van der Waals surface area contributed by atoms with Crippen LogP contribution in [0, 0.1) is 58.7 Å². The summed E-state index contributed by atoms with van der Waals surface area (Å²) in [4.78, 5) is 0. The molecule has 3 aliphatic rings. The molecule has 3 aliphatic carbocycles. The van der Waals surface area contributed by atoms with E-state index >= 15 is 0 Å². The van der Waals surface area contributed by atoms with Gasteiger partial charge in [0, 0.05) is 11.8 Å². The van der Waals surface area contributed by atoms with Crippen molar-refractivity contribution in [2.45, 2.75) is 112 Å². The average molecular weight is 414 g/mol. The van der Waals surface area contributed by atoms with Crippen molar-refractivity contribution in [1.82, 2.24) is 0 Å². The van der Waals surface area contributed by atoms with Crippen LogP contribution in [0.2, 0.25) is 0 Å². The van der Waals surface area contributed by atoms with Crippen LogP contribution < -0.4 is 0 Å². The minimum atomic E-state index is -0.0127. The third kappa shape index (κ3) is 4.33. The summed E-state index contributed by atoms with van der Waals surface area (Å²) in [6.07, 6.45) is 20.6. The van der Waals surface area contributed by atoms with Gasteiger partial charge in [-0.1, -0.05) is 65.5 Å². The molecule has 170 valence electrons. The summed E-state index contributed by atoms with van der Waals surface area (Å²) in [7, 11) is 0. The zero-order valence-electron chi connectivity index (χ0n) is 20.4. The first-order valence-corrected chi connectivity index (χ1v) is 12.9. The third-order valence-electron chi connectivity index (χ3n) is 9.98. The zero-order valence-corrected chi connectivity index (χ0v) is 20.4. The van der Waals surface area contributed by atoms with Gasteiger partial charge in [0.15, 0.2) is 0 Å². The van der Waals surface area contributed by atoms with Crippen LogP contribution in [0.15, 0.2) is 5.16 Å². The summed E-state index contributed by atoms with van der Waals surface area (Å²) in [5.41, 5.74) is 1.51. The Balaban J connectivity index is 1.79. The Labute approximate surface area is 186 Å².